The highest BCUT2D eigenvalue weighted by Gasteiger charge is 2.28. The Bertz CT molecular complexity index is 248. The molecule has 0 unspecified atom stereocenters. The normalized spacial score (nSPS) is 18.1. The summed E-state index contributed by atoms with van der Waals surface area (Å²) in [7, 11) is -1.78. The molecule has 78 valence electrons. The van der Waals surface area contributed by atoms with E-state index in [4.69, 9.17) is 5.11 Å². The van der Waals surface area contributed by atoms with Crippen molar-refractivity contribution < 1.29 is 13.5 Å². The van der Waals surface area contributed by atoms with E-state index in [1.54, 1.807) is 0 Å². The zero-order valence-electron chi connectivity index (χ0n) is 7.73. The molecule has 0 aromatic carbocycles. The summed E-state index contributed by atoms with van der Waals surface area (Å²) in [4.78, 5) is 0. The van der Waals surface area contributed by atoms with E-state index >= 15 is 0 Å². The molecule has 0 atom stereocenters. The van der Waals surface area contributed by atoms with Crippen molar-refractivity contribution in [3.8, 4) is 0 Å². The van der Waals surface area contributed by atoms with Gasteiger partial charge in [0.1, 0.15) is 0 Å². The molecular weight excluding hydrogens is 192 g/mol. The van der Waals surface area contributed by atoms with E-state index in [0.717, 1.165) is 12.8 Å². The van der Waals surface area contributed by atoms with Crippen LogP contribution in [0.25, 0.3) is 0 Å². The second kappa shape index (κ2) is 4.36. The zero-order chi connectivity index (χ0) is 9.90. The van der Waals surface area contributed by atoms with Crippen LogP contribution in [-0.4, -0.2) is 44.1 Å². The summed E-state index contributed by atoms with van der Waals surface area (Å²) in [6, 6.07) is 0.140. The van der Waals surface area contributed by atoms with Gasteiger partial charge in [-0.15, -0.1) is 0 Å². The van der Waals surface area contributed by atoms with E-state index in [1.165, 1.54) is 11.4 Å². The first-order chi connectivity index (χ1) is 6.06. The standard InChI is InChI=1S/C7H16N2O3S/c1-9(5-2-6-10)13(11,12)8-7-3-4-7/h7-8,10H,2-6H2,1H3. The molecule has 0 radical (unpaired) electrons. The van der Waals surface area contributed by atoms with Crippen molar-refractivity contribution in [3.05, 3.63) is 0 Å². The highest BCUT2D eigenvalue weighted by atomic mass is 32.2. The van der Waals surface area contributed by atoms with Crippen LogP contribution in [-0.2, 0) is 10.2 Å². The minimum atomic E-state index is -3.30. The number of rotatable bonds is 6. The van der Waals surface area contributed by atoms with Crippen molar-refractivity contribution in [1.82, 2.24) is 9.03 Å². The third-order valence-corrected chi connectivity index (χ3v) is 3.57. The van der Waals surface area contributed by atoms with Gasteiger partial charge in [-0.1, -0.05) is 0 Å². The van der Waals surface area contributed by atoms with Crippen LogP contribution in [0.4, 0.5) is 0 Å². The quantitative estimate of drug-likeness (QED) is 0.606. The minimum absolute atomic E-state index is 0.0172. The van der Waals surface area contributed by atoms with Crippen LogP contribution in [0.2, 0.25) is 0 Å². The monoisotopic (exact) mass is 208 g/mol. The van der Waals surface area contributed by atoms with Gasteiger partial charge in [-0.2, -0.15) is 17.4 Å². The first-order valence-corrected chi connectivity index (χ1v) is 5.84. The average Bonchev–Trinajstić information content (AvgIpc) is 2.83. The summed E-state index contributed by atoms with van der Waals surface area (Å²) in [5, 5.41) is 8.53. The number of hydrogen-bond donors (Lipinski definition) is 2. The molecule has 0 aromatic rings. The minimum Gasteiger partial charge on any atom is -0.396 e. The number of hydrogen-bond acceptors (Lipinski definition) is 3. The van der Waals surface area contributed by atoms with Gasteiger partial charge >= 0.3 is 0 Å². The molecule has 0 amide bonds. The molecule has 0 aromatic heterocycles. The Labute approximate surface area is 78.9 Å². The summed E-state index contributed by atoms with van der Waals surface area (Å²) >= 11 is 0. The molecule has 13 heavy (non-hydrogen) atoms. The van der Waals surface area contributed by atoms with Crippen molar-refractivity contribution in [3.63, 3.8) is 0 Å². The molecule has 1 fully saturated rings. The zero-order valence-corrected chi connectivity index (χ0v) is 8.55. The van der Waals surface area contributed by atoms with Crippen molar-refractivity contribution in [2.45, 2.75) is 25.3 Å². The molecule has 0 bridgehead atoms. The van der Waals surface area contributed by atoms with Crippen LogP contribution in [0, 0.1) is 0 Å². The maximum atomic E-state index is 11.4. The predicted molar refractivity (Wildman–Crippen MR) is 49.4 cm³/mol. The van der Waals surface area contributed by atoms with E-state index in [-0.39, 0.29) is 12.6 Å². The Hall–Kier alpha value is -0.170. The number of aliphatic hydroxyl groups excluding tert-OH is 1. The van der Waals surface area contributed by atoms with Crippen LogP contribution in [0.15, 0.2) is 0 Å². The molecule has 0 heterocycles. The van der Waals surface area contributed by atoms with Crippen molar-refractivity contribution in [2.24, 2.45) is 0 Å². The second-order valence-corrected chi connectivity index (χ2v) is 5.11. The average molecular weight is 208 g/mol. The summed E-state index contributed by atoms with van der Waals surface area (Å²) in [5.41, 5.74) is 0. The third-order valence-electron chi connectivity index (χ3n) is 1.93. The van der Waals surface area contributed by atoms with E-state index in [2.05, 4.69) is 4.72 Å². The molecule has 5 nitrogen and oxygen atoms in total. The van der Waals surface area contributed by atoms with Gasteiger partial charge in [0.2, 0.25) is 0 Å². The summed E-state index contributed by atoms with van der Waals surface area (Å²) in [5.74, 6) is 0. The first kappa shape index (κ1) is 10.9. The van der Waals surface area contributed by atoms with E-state index in [1.807, 2.05) is 0 Å². The Balaban J connectivity index is 2.37. The number of nitrogens with one attached hydrogen (secondary N) is 1. The van der Waals surface area contributed by atoms with Crippen molar-refractivity contribution in [1.29, 1.82) is 0 Å². The molecule has 6 heteroatoms. The van der Waals surface area contributed by atoms with Crippen LogP contribution in [0.1, 0.15) is 19.3 Å². The van der Waals surface area contributed by atoms with Gasteiger partial charge in [0, 0.05) is 26.2 Å². The van der Waals surface area contributed by atoms with Gasteiger partial charge in [0.05, 0.1) is 0 Å². The first-order valence-electron chi connectivity index (χ1n) is 4.40. The fourth-order valence-electron chi connectivity index (χ4n) is 0.915. The maximum Gasteiger partial charge on any atom is 0.279 e. The van der Waals surface area contributed by atoms with Crippen LogP contribution in [0.3, 0.4) is 0 Å². The van der Waals surface area contributed by atoms with E-state index < -0.39 is 10.2 Å². The maximum absolute atomic E-state index is 11.4. The smallest absolute Gasteiger partial charge is 0.279 e. The Morgan fingerprint density at radius 3 is 2.62 bits per heavy atom. The fourth-order valence-corrected chi connectivity index (χ4v) is 2.12. The van der Waals surface area contributed by atoms with Crippen LogP contribution < -0.4 is 4.72 Å². The van der Waals surface area contributed by atoms with Crippen molar-refractivity contribution in [2.75, 3.05) is 20.2 Å². The lowest BCUT2D eigenvalue weighted by Crippen LogP contribution is -2.39. The van der Waals surface area contributed by atoms with Crippen LogP contribution in [0.5, 0.6) is 0 Å². The lowest BCUT2D eigenvalue weighted by molar-refractivity contribution is 0.275. The predicted octanol–water partition coefficient (Wildman–Crippen LogP) is -0.703. The fraction of sp³-hybridized carbons (Fsp3) is 1.00. The van der Waals surface area contributed by atoms with Crippen LogP contribution >= 0.6 is 0 Å². The Morgan fingerprint density at radius 2 is 2.15 bits per heavy atom. The molecule has 1 aliphatic carbocycles. The lowest BCUT2D eigenvalue weighted by Gasteiger charge is -2.16. The third kappa shape index (κ3) is 3.60. The topological polar surface area (TPSA) is 69.6 Å². The lowest BCUT2D eigenvalue weighted by atomic mass is 10.5. The molecule has 2 N–H and O–H groups in total. The molecular formula is C7H16N2O3S. The summed E-state index contributed by atoms with van der Waals surface area (Å²) in [6.45, 7) is 0.377. The molecule has 1 aliphatic rings. The highest BCUT2D eigenvalue weighted by Crippen LogP contribution is 2.20. The molecule has 0 aliphatic heterocycles. The van der Waals surface area contributed by atoms with Gasteiger partial charge < -0.3 is 5.11 Å². The largest absolute Gasteiger partial charge is 0.396 e. The highest BCUT2D eigenvalue weighted by molar-refractivity contribution is 7.87. The number of nitrogens with zero attached hydrogens (tertiary/aromatic N) is 1. The molecule has 1 saturated carbocycles. The molecule has 1 rings (SSSR count). The van der Waals surface area contributed by atoms with Gasteiger partial charge in [-0.05, 0) is 19.3 Å². The SMILES string of the molecule is CN(CCCO)S(=O)(=O)NC1CC1. The summed E-state index contributed by atoms with van der Waals surface area (Å²) < 4.78 is 26.6. The molecule has 0 saturated heterocycles. The molecule has 0 spiro atoms. The second-order valence-electron chi connectivity index (χ2n) is 3.30. The van der Waals surface area contributed by atoms with Gasteiger partial charge in [-0.3, -0.25) is 0 Å². The summed E-state index contributed by atoms with van der Waals surface area (Å²) in [6.07, 6.45) is 2.35. The van der Waals surface area contributed by atoms with Crippen molar-refractivity contribution >= 4 is 10.2 Å². The van der Waals surface area contributed by atoms with Gasteiger partial charge in [-0.25, -0.2) is 0 Å². The van der Waals surface area contributed by atoms with Gasteiger partial charge in [0.15, 0.2) is 0 Å². The Kier molecular flexibility index (Phi) is 3.66. The van der Waals surface area contributed by atoms with E-state index in [9.17, 15) is 8.42 Å². The van der Waals surface area contributed by atoms with E-state index in [0.29, 0.717) is 13.0 Å². The van der Waals surface area contributed by atoms with Gasteiger partial charge in [0.25, 0.3) is 10.2 Å². The Morgan fingerprint density at radius 1 is 1.54 bits per heavy atom. The number of aliphatic hydroxyl groups is 1.